The molecule has 0 bridgehead atoms. The van der Waals surface area contributed by atoms with Crippen molar-refractivity contribution in [3.63, 3.8) is 0 Å². The standard InChI is InChI=1S/C11H13NO/c1-7-2-3-10-8(4-7)5-9(12)6-11(10)13/h2-4,9H,5-6,12H2,1H3. The highest BCUT2D eigenvalue weighted by Crippen LogP contribution is 2.21. The molecule has 0 aromatic heterocycles. The fraction of sp³-hybridized carbons (Fsp3) is 0.364. The Bertz CT molecular complexity index is 357. The number of benzene rings is 1. The molecule has 1 atom stereocenters. The summed E-state index contributed by atoms with van der Waals surface area (Å²) in [6.07, 6.45) is 1.33. The molecule has 0 amide bonds. The second kappa shape index (κ2) is 2.96. The summed E-state index contributed by atoms with van der Waals surface area (Å²) in [6, 6.07) is 5.97. The molecule has 1 aromatic carbocycles. The minimum atomic E-state index is 0.0156. The van der Waals surface area contributed by atoms with Gasteiger partial charge in [-0.1, -0.05) is 23.8 Å². The van der Waals surface area contributed by atoms with Gasteiger partial charge in [-0.3, -0.25) is 4.79 Å². The van der Waals surface area contributed by atoms with Crippen molar-refractivity contribution in [2.45, 2.75) is 25.8 Å². The number of hydrogen-bond acceptors (Lipinski definition) is 2. The van der Waals surface area contributed by atoms with Gasteiger partial charge in [0.1, 0.15) is 0 Å². The van der Waals surface area contributed by atoms with Gasteiger partial charge in [-0.05, 0) is 18.9 Å². The zero-order chi connectivity index (χ0) is 9.42. The summed E-state index contributed by atoms with van der Waals surface area (Å²) in [4.78, 5) is 11.5. The highest BCUT2D eigenvalue weighted by atomic mass is 16.1. The summed E-state index contributed by atoms with van der Waals surface area (Å²) >= 11 is 0. The maximum atomic E-state index is 11.5. The van der Waals surface area contributed by atoms with Crippen molar-refractivity contribution in [2.24, 2.45) is 5.73 Å². The van der Waals surface area contributed by atoms with E-state index in [-0.39, 0.29) is 11.8 Å². The maximum Gasteiger partial charge on any atom is 0.164 e. The minimum absolute atomic E-state index is 0.0156. The van der Waals surface area contributed by atoms with Gasteiger partial charge in [0.15, 0.2) is 5.78 Å². The van der Waals surface area contributed by atoms with Gasteiger partial charge in [0, 0.05) is 18.0 Å². The Morgan fingerprint density at radius 1 is 1.38 bits per heavy atom. The van der Waals surface area contributed by atoms with Crippen molar-refractivity contribution < 1.29 is 4.79 Å². The van der Waals surface area contributed by atoms with E-state index in [1.165, 1.54) is 5.56 Å². The quantitative estimate of drug-likeness (QED) is 0.648. The summed E-state index contributed by atoms with van der Waals surface area (Å²) in [5.41, 5.74) is 8.95. The maximum absolute atomic E-state index is 11.5. The van der Waals surface area contributed by atoms with Gasteiger partial charge < -0.3 is 5.73 Å². The first kappa shape index (κ1) is 8.45. The van der Waals surface area contributed by atoms with Crippen molar-refractivity contribution in [3.05, 3.63) is 34.9 Å². The fourth-order valence-electron chi connectivity index (χ4n) is 1.87. The van der Waals surface area contributed by atoms with E-state index in [2.05, 4.69) is 6.07 Å². The lowest BCUT2D eigenvalue weighted by Gasteiger charge is -2.20. The van der Waals surface area contributed by atoms with Gasteiger partial charge in [-0.2, -0.15) is 0 Å². The van der Waals surface area contributed by atoms with Gasteiger partial charge in [0.05, 0.1) is 0 Å². The molecule has 2 heteroatoms. The van der Waals surface area contributed by atoms with Gasteiger partial charge in [-0.15, -0.1) is 0 Å². The second-order valence-corrected chi connectivity index (χ2v) is 3.75. The molecule has 0 fully saturated rings. The Labute approximate surface area is 77.8 Å². The number of hydrogen-bond donors (Lipinski definition) is 1. The highest BCUT2D eigenvalue weighted by Gasteiger charge is 2.21. The van der Waals surface area contributed by atoms with Crippen LogP contribution in [-0.4, -0.2) is 11.8 Å². The van der Waals surface area contributed by atoms with Crippen LogP contribution in [0.25, 0.3) is 0 Å². The van der Waals surface area contributed by atoms with Crippen LogP contribution in [0.15, 0.2) is 18.2 Å². The van der Waals surface area contributed by atoms with E-state index in [0.717, 1.165) is 17.5 Å². The molecule has 0 saturated heterocycles. The van der Waals surface area contributed by atoms with E-state index in [9.17, 15) is 4.79 Å². The van der Waals surface area contributed by atoms with E-state index < -0.39 is 0 Å². The van der Waals surface area contributed by atoms with Gasteiger partial charge in [-0.25, -0.2) is 0 Å². The predicted molar refractivity (Wildman–Crippen MR) is 51.8 cm³/mol. The monoisotopic (exact) mass is 175 g/mol. The number of Topliss-reactive ketones (excluding diaryl/α,β-unsaturated/α-hetero) is 1. The molecule has 1 aromatic rings. The third-order valence-electron chi connectivity index (χ3n) is 2.49. The van der Waals surface area contributed by atoms with Crippen molar-refractivity contribution in [2.75, 3.05) is 0 Å². The molecule has 0 aliphatic heterocycles. The lowest BCUT2D eigenvalue weighted by Crippen LogP contribution is -2.31. The number of carbonyl (C=O) groups excluding carboxylic acids is 1. The number of carbonyl (C=O) groups is 1. The van der Waals surface area contributed by atoms with Crippen LogP contribution in [0, 0.1) is 6.92 Å². The average molecular weight is 175 g/mol. The van der Waals surface area contributed by atoms with Gasteiger partial charge in [0.25, 0.3) is 0 Å². The van der Waals surface area contributed by atoms with Crippen molar-refractivity contribution in [1.29, 1.82) is 0 Å². The first-order valence-electron chi connectivity index (χ1n) is 4.55. The van der Waals surface area contributed by atoms with Crippen LogP contribution in [0.4, 0.5) is 0 Å². The molecule has 13 heavy (non-hydrogen) atoms. The minimum Gasteiger partial charge on any atom is -0.327 e. The summed E-state index contributed by atoms with van der Waals surface area (Å²) < 4.78 is 0. The van der Waals surface area contributed by atoms with E-state index in [1.54, 1.807) is 0 Å². The lowest BCUT2D eigenvalue weighted by atomic mass is 9.87. The van der Waals surface area contributed by atoms with Crippen LogP contribution in [0.5, 0.6) is 0 Å². The van der Waals surface area contributed by atoms with E-state index in [0.29, 0.717) is 6.42 Å². The van der Waals surface area contributed by atoms with Crippen LogP contribution in [-0.2, 0) is 6.42 Å². The Balaban J connectivity index is 2.49. The summed E-state index contributed by atoms with van der Waals surface area (Å²) in [6.45, 7) is 2.03. The average Bonchev–Trinajstić information content (AvgIpc) is 2.02. The number of aryl methyl sites for hydroxylation is 1. The molecule has 0 heterocycles. The molecule has 0 saturated carbocycles. The number of nitrogens with two attached hydrogens (primary N) is 1. The SMILES string of the molecule is Cc1ccc2c(c1)CC(N)CC2=O. The largest absolute Gasteiger partial charge is 0.327 e. The van der Waals surface area contributed by atoms with Crippen molar-refractivity contribution in [1.82, 2.24) is 0 Å². The van der Waals surface area contributed by atoms with E-state index in [4.69, 9.17) is 5.73 Å². The molecule has 1 aliphatic carbocycles. The molecule has 0 radical (unpaired) electrons. The third kappa shape index (κ3) is 1.49. The van der Waals surface area contributed by atoms with Crippen molar-refractivity contribution in [3.8, 4) is 0 Å². The third-order valence-corrected chi connectivity index (χ3v) is 2.49. The van der Waals surface area contributed by atoms with Crippen LogP contribution in [0.3, 0.4) is 0 Å². The number of ketones is 1. The Kier molecular flexibility index (Phi) is 1.93. The summed E-state index contributed by atoms with van der Waals surface area (Å²) in [5, 5.41) is 0. The smallest absolute Gasteiger partial charge is 0.164 e. The molecule has 1 unspecified atom stereocenters. The molecule has 2 rings (SSSR count). The van der Waals surface area contributed by atoms with Crippen LogP contribution < -0.4 is 5.73 Å². The normalized spacial score (nSPS) is 21.4. The van der Waals surface area contributed by atoms with Crippen molar-refractivity contribution >= 4 is 5.78 Å². The Morgan fingerprint density at radius 3 is 2.92 bits per heavy atom. The van der Waals surface area contributed by atoms with Crippen LogP contribution >= 0.6 is 0 Å². The lowest BCUT2D eigenvalue weighted by molar-refractivity contribution is 0.0965. The molecule has 2 N–H and O–H groups in total. The summed E-state index contributed by atoms with van der Waals surface area (Å²) in [5.74, 6) is 0.189. The van der Waals surface area contributed by atoms with Gasteiger partial charge >= 0.3 is 0 Å². The molecular weight excluding hydrogens is 162 g/mol. The molecule has 68 valence electrons. The zero-order valence-corrected chi connectivity index (χ0v) is 7.71. The van der Waals surface area contributed by atoms with E-state index >= 15 is 0 Å². The molecule has 1 aliphatic rings. The summed E-state index contributed by atoms with van der Waals surface area (Å²) in [7, 11) is 0. The highest BCUT2D eigenvalue weighted by molar-refractivity contribution is 5.99. The fourth-order valence-corrected chi connectivity index (χ4v) is 1.87. The molecular formula is C11H13NO. The van der Waals surface area contributed by atoms with E-state index in [1.807, 2.05) is 19.1 Å². The first-order chi connectivity index (χ1) is 6.16. The topological polar surface area (TPSA) is 43.1 Å². The second-order valence-electron chi connectivity index (χ2n) is 3.75. The van der Waals surface area contributed by atoms with Gasteiger partial charge in [0.2, 0.25) is 0 Å². The number of fused-ring (bicyclic) bond motifs is 1. The Hall–Kier alpha value is -1.15. The zero-order valence-electron chi connectivity index (χ0n) is 7.71. The molecule has 0 spiro atoms. The predicted octanol–water partition coefficient (Wildman–Crippen LogP) is 1.45. The first-order valence-corrected chi connectivity index (χ1v) is 4.55. The Morgan fingerprint density at radius 2 is 2.15 bits per heavy atom. The van der Waals surface area contributed by atoms with Crippen LogP contribution in [0.1, 0.15) is 27.9 Å². The number of rotatable bonds is 0. The van der Waals surface area contributed by atoms with Crippen LogP contribution in [0.2, 0.25) is 0 Å². The molecule has 2 nitrogen and oxygen atoms in total.